The normalized spacial score (nSPS) is 14.2. The zero-order valence-electron chi connectivity index (χ0n) is 7.22. The molecule has 2 heteroatoms. The van der Waals surface area contributed by atoms with Crippen molar-refractivity contribution in [3.63, 3.8) is 0 Å². The highest BCUT2D eigenvalue weighted by atomic mass is 16.3. The van der Waals surface area contributed by atoms with E-state index >= 15 is 0 Å². The topological polar surface area (TPSA) is 32.3 Å². The number of fused-ring (bicyclic) bond motifs is 1. The van der Waals surface area contributed by atoms with Crippen LogP contribution in [0.1, 0.15) is 16.7 Å². The van der Waals surface area contributed by atoms with Crippen molar-refractivity contribution in [2.75, 3.05) is 11.9 Å². The van der Waals surface area contributed by atoms with Crippen LogP contribution in [-0.2, 0) is 13.0 Å². The minimum absolute atomic E-state index is 0.158. The van der Waals surface area contributed by atoms with Crippen LogP contribution in [0.4, 0.5) is 5.69 Å². The summed E-state index contributed by atoms with van der Waals surface area (Å²) in [6, 6.07) is 4.20. The van der Waals surface area contributed by atoms with Crippen molar-refractivity contribution in [1.82, 2.24) is 0 Å². The maximum Gasteiger partial charge on any atom is 0.0685 e. The van der Waals surface area contributed by atoms with Crippen molar-refractivity contribution in [1.29, 1.82) is 0 Å². The fourth-order valence-electron chi connectivity index (χ4n) is 1.81. The zero-order valence-corrected chi connectivity index (χ0v) is 7.22. The molecule has 2 nitrogen and oxygen atoms in total. The lowest BCUT2D eigenvalue weighted by atomic mass is 10.0. The van der Waals surface area contributed by atoms with Gasteiger partial charge in [-0.05, 0) is 36.1 Å². The molecule has 0 bridgehead atoms. The summed E-state index contributed by atoms with van der Waals surface area (Å²) in [6.45, 7) is 3.22. The number of aryl methyl sites for hydroxylation is 1. The number of hydrogen-bond acceptors (Lipinski definition) is 2. The highest BCUT2D eigenvalue weighted by molar-refractivity contribution is 5.60. The van der Waals surface area contributed by atoms with Crippen molar-refractivity contribution in [3.05, 3.63) is 28.8 Å². The van der Waals surface area contributed by atoms with E-state index in [-0.39, 0.29) is 6.61 Å². The van der Waals surface area contributed by atoms with Crippen molar-refractivity contribution >= 4 is 5.69 Å². The van der Waals surface area contributed by atoms with Gasteiger partial charge < -0.3 is 10.4 Å². The van der Waals surface area contributed by atoms with Crippen molar-refractivity contribution < 1.29 is 5.11 Å². The second-order valence-corrected chi connectivity index (χ2v) is 3.29. The molecule has 2 rings (SSSR count). The SMILES string of the molecule is Cc1cc(CO)c2c(c1)NCC2. The van der Waals surface area contributed by atoms with E-state index in [9.17, 15) is 0 Å². The average Bonchev–Trinajstić information content (AvgIpc) is 2.50. The van der Waals surface area contributed by atoms with Crippen LogP contribution >= 0.6 is 0 Å². The first-order valence-corrected chi connectivity index (χ1v) is 4.28. The summed E-state index contributed by atoms with van der Waals surface area (Å²) in [6.07, 6.45) is 1.05. The summed E-state index contributed by atoms with van der Waals surface area (Å²) in [5, 5.41) is 12.4. The van der Waals surface area contributed by atoms with Gasteiger partial charge in [0, 0.05) is 12.2 Å². The van der Waals surface area contributed by atoms with Gasteiger partial charge in [-0.1, -0.05) is 6.07 Å². The van der Waals surface area contributed by atoms with Crippen LogP contribution in [0.5, 0.6) is 0 Å². The molecule has 12 heavy (non-hydrogen) atoms. The molecule has 0 spiro atoms. The molecule has 1 aliphatic rings. The Hall–Kier alpha value is -1.02. The predicted octanol–water partition coefficient (Wildman–Crippen LogP) is 1.46. The van der Waals surface area contributed by atoms with Crippen LogP contribution in [0.2, 0.25) is 0 Å². The molecule has 0 saturated heterocycles. The Balaban J connectivity index is 2.55. The van der Waals surface area contributed by atoms with E-state index in [0.29, 0.717) is 0 Å². The summed E-state index contributed by atoms with van der Waals surface area (Å²) in [4.78, 5) is 0. The van der Waals surface area contributed by atoms with Crippen molar-refractivity contribution in [3.8, 4) is 0 Å². The molecular formula is C10H13NO. The fourth-order valence-corrected chi connectivity index (χ4v) is 1.81. The molecule has 0 amide bonds. The van der Waals surface area contributed by atoms with Gasteiger partial charge in [0.2, 0.25) is 0 Å². The lowest BCUT2D eigenvalue weighted by Gasteiger charge is -2.06. The van der Waals surface area contributed by atoms with E-state index < -0.39 is 0 Å². The maximum absolute atomic E-state index is 9.10. The van der Waals surface area contributed by atoms with Gasteiger partial charge in [-0.2, -0.15) is 0 Å². The van der Waals surface area contributed by atoms with Crippen LogP contribution < -0.4 is 5.32 Å². The van der Waals surface area contributed by atoms with Crippen molar-refractivity contribution in [2.45, 2.75) is 20.0 Å². The Bertz CT molecular complexity index is 307. The maximum atomic E-state index is 9.10. The zero-order chi connectivity index (χ0) is 8.55. The molecule has 1 aromatic rings. The van der Waals surface area contributed by atoms with Crippen molar-refractivity contribution in [2.24, 2.45) is 0 Å². The Morgan fingerprint density at radius 3 is 3.08 bits per heavy atom. The Kier molecular flexibility index (Phi) is 1.77. The number of rotatable bonds is 1. The monoisotopic (exact) mass is 163 g/mol. The predicted molar refractivity (Wildman–Crippen MR) is 49.3 cm³/mol. The lowest BCUT2D eigenvalue weighted by Crippen LogP contribution is -1.92. The van der Waals surface area contributed by atoms with E-state index in [2.05, 4.69) is 24.4 Å². The molecule has 1 aromatic carbocycles. The molecule has 2 N–H and O–H groups in total. The second-order valence-electron chi connectivity index (χ2n) is 3.29. The molecule has 0 fully saturated rings. The summed E-state index contributed by atoms with van der Waals surface area (Å²) in [5.74, 6) is 0. The van der Waals surface area contributed by atoms with Crippen LogP contribution in [0, 0.1) is 6.92 Å². The molecule has 0 radical (unpaired) electrons. The average molecular weight is 163 g/mol. The van der Waals surface area contributed by atoms with E-state index in [1.807, 2.05) is 0 Å². The third-order valence-corrected chi connectivity index (χ3v) is 2.35. The minimum Gasteiger partial charge on any atom is -0.392 e. The van der Waals surface area contributed by atoms with Gasteiger partial charge in [-0.15, -0.1) is 0 Å². The Labute approximate surface area is 72.2 Å². The number of benzene rings is 1. The first-order valence-electron chi connectivity index (χ1n) is 4.28. The van der Waals surface area contributed by atoms with Crippen LogP contribution in [-0.4, -0.2) is 11.7 Å². The molecule has 0 unspecified atom stereocenters. The number of hydrogen-bond donors (Lipinski definition) is 2. The highest BCUT2D eigenvalue weighted by Gasteiger charge is 2.13. The number of aliphatic hydroxyl groups is 1. The Morgan fingerprint density at radius 1 is 1.50 bits per heavy atom. The van der Waals surface area contributed by atoms with E-state index in [1.54, 1.807) is 0 Å². The second kappa shape index (κ2) is 2.79. The summed E-state index contributed by atoms with van der Waals surface area (Å²) in [7, 11) is 0. The van der Waals surface area contributed by atoms with Gasteiger partial charge in [0.1, 0.15) is 0 Å². The minimum atomic E-state index is 0.158. The standard InChI is InChI=1S/C10H13NO/c1-7-4-8(6-12)9-2-3-11-10(9)5-7/h4-5,11-12H,2-3,6H2,1H3. The molecule has 0 aliphatic carbocycles. The Morgan fingerprint density at radius 2 is 2.33 bits per heavy atom. The molecule has 0 aromatic heterocycles. The number of anilines is 1. The first-order chi connectivity index (χ1) is 5.81. The van der Waals surface area contributed by atoms with E-state index in [0.717, 1.165) is 18.5 Å². The van der Waals surface area contributed by atoms with Crippen LogP contribution in [0.25, 0.3) is 0 Å². The van der Waals surface area contributed by atoms with Crippen LogP contribution in [0.15, 0.2) is 12.1 Å². The van der Waals surface area contributed by atoms with E-state index in [4.69, 9.17) is 5.11 Å². The number of aliphatic hydroxyl groups excluding tert-OH is 1. The molecular weight excluding hydrogens is 150 g/mol. The number of nitrogens with one attached hydrogen (secondary N) is 1. The van der Waals surface area contributed by atoms with Gasteiger partial charge in [-0.25, -0.2) is 0 Å². The smallest absolute Gasteiger partial charge is 0.0685 e. The highest BCUT2D eigenvalue weighted by Crippen LogP contribution is 2.27. The van der Waals surface area contributed by atoms with E-state index in [1.165, 1.54) is 16.8 Å². The molecule has 1 heterocycles. The summed E-state index contributed by atoms with van der Waals surface area (Å²) in [5.41, 5.74) is 4.80. The van der Waals surface area contributed by atoms with Gasteiger partial charge in [0.25, 0.3) is 0 Å². The van der Waals surface area contributed by atoms with Gasteiger partial charge >= 0.3 is 0 Å². The van der Waals surface area contributed by atoms with Gasteiger partial charge in [0.15, 0.2) is 0 Å². The summed E-state index contributed by atoms with van der Waals surface area (Å²) < 4.78 is 0. The van der Waals surface area contributed by atoms with Gasteiger partial charge in [0.05, 0.1) is 6.61 Å². The van der Waals surface area contributed by atoms with Gasteiger partial charge in [-0.3, -0.25) is 0 Å². The quantitative estimate of drug-likeness (QED) is 0.657. The molecule has 1 aliphatic heterocycles. The first kappa shape index (κ1) is 7.62. The third kappa shape index (κ3) is 1.08. The fraction of sp³-hybridized carbons (Fsp3) is 0.400. The lowest BCUT2D eigenvalue weighted by molar-refractivity contribution is 0.281. The molecule has 0 saturated carbocycles. The largest absolute Gasteiger partial charge is 0.392 e. The van der Waals surface area contributed by atoms with Crippen LogP contribution in [0.3, 0.4) is 0 Å². The molecule has 0 atom stereocenters. The summed E-state index contributed by atoms with van der Waals surface area (Å²) >= 11 is 0. The molecule has 64 valence electrons. The third-order valence-electron chi connectivity index (χ3n) is 2.35.